The Morgan fingerprint density at radius 3 is 2.50 bits per heavy atom. The van der Waals surface area contributed by atoms with Gasteiger partial charge in [0.1, 0.15) is 0 Å². The van der Waals surface area contributed by atoms with Gasteiger partial charge >= 0.3 is 0 Å². The van der Waals surface area contributed by atoms with Crippen LogP contribution in [0.3, 0.4) is 0 Å². The van der Waals surface area contributed by atoms with Gasteiger partial charge in [-0.1, -0.05) is 6.07 Å². The molecule has 0 aliphatic heterocycles. The van der Waals surface area contributed by atoms with Crippen molar-refractivity contribution in [3.8, 4) is 0 Å². The summed E-state index contributed by atoms with van der Waals surface area (Å²) in [5.74, 6) is -0.437. The molecule has 0 saturated heterocycles. The van der Waals surface area contributed by atoms with Crippen LogP contribution in [0.4, 0.5) is 5.69 Å². The molecule has 0 bridgehead atoms. The number of nitrogens with zero attached hydrogens (tertiary/aromatic N) is 1. The van der Waals surface area contributed by atoms with Gasteiger partial charge in [-0.25, -0.2) is 13.1 Å². The summed E-state index contributed by atoms with van der Waals surface area (Å²) in [6.07, 6.45) is 1.12. The molecule has 9 heteroatoms. The molecule has 0 radical (unpaired) electrons. The maximum Gasteiger partial charge on any atom is 0.273 e. The number of rotatable bonds is 8. The molecule has 0 aliphatic rings. The summed E-state index contributed by atoms with van der Waals surface area (Å²) in [4.78, 5) is 20.8. The molecule has 0 heterocycles. The van der Waals surface area contributed by atoms with Gasteiger partial charge in [0.05, 0.1) is 9.82 Å². The summed E-state index contributed by atoms with van der Waals surface area (Å²) in [7, 11) is -3.85. The van der Waals surface area contributed by atoms with E-state index in [2.05, 4.69) is 4.72 Å². The number of carbonyl (C=O) groups excluding carboxylic acids is 1. The van der Waals surface area contributed by atoms with E-state index in [1.165, 1.54) is 19.1 Å². The second-order valence-electron chi connectivity index (χ2n) is 4.93. The highest BCUT2D eigenvalue weighted by Crippen LogP contribution is 2.27. The van der Waals surface area contributed by atoms with Gasteiger partial charge in [-0.05, 0) is 32.3 Å². The lowest BCUT2D eigenvalue weighted by Crippen LogP contribution is -2.26. The first kappa shape index (κ1) is 18.1. The van der Waals surface area contributed by atoms with Gasteiger partial charge in [-0.2, -0.15) is 0 Å². The molecule has 1 aromatic rings. The number of primary amides is 1. The van der Waals surface area contributed by atoms with Crippen molar-refractivity contribution in [2.24, 2.45) is 5.73 Å². The molecule has 3 N–H and O–H groups in total. The molecule has 0 aliphatic carbocycles. The number of amides is 1. The Labute approximate surface area is 128 Å². The van der Waals surface area contributed by atoms with Crippen LogP contribution in [0, 0.1) is 24.0 Å². The largest absolute Gasteiger partial charge is 0.370 e. The van der Waals surface area contributed by atoms with Crippen LogP contribution in [0.15, 0.2) is 17.0 Å². The molecule has 0 unspecified atom stereocenters. The van der Waals surface area contributed by atoms with Crippen molar-refractivity contribution >= 4 is 21.6 Å². The summed E-state index contributed by atoms with van der Waals surface area (Å²) in [6, 6.07) is 2.70. The minimum absolute atomic E-state index is 0.0726. The molecular weight excluding hydrogens is 310 g/mol. The average Bonchev–Trinajstić information content (AvgIpc) is 2.36. The van der Waals surface area contributed by atoms with Crippen LogP contribution >= 0.6 is 0 Å². The monoisotopic (exact) mass is 329 g/mol. The number of hydrogen-bond acceptors (Lipinski definition) is 5. The van der Waals surface area contributed by atoms with Crippen molar-refractivity contribution < 1.29 is 18.1 Å². The molecule has 0 atom stereocenters. The number of aryl methyl sites for hydroxylation is 1. The summed E-state index contributed by atoms with van der Waals surface area (Å²) in [5, 5.41) is 10.9. The lowest BCUT2D eigenvalue weighted by molar-refractivity contribution is -0.385. The Morgan fingerprint density at radius 2 is 1.95 bits per heavy atom. The predicted octanol–water partition coefficient (Wildman–Crippen LogP) is 1.15. The Morgan fingerprint density at radius 1 is 1.32 bits per heavy atom. The number of nitro benzene ring substituents is 1. The van der Waals surface area contributed by atoms with Crippen molar-refractivity contribution in [1.29, 1.82) is 0 Å². The zero-order valence-corrected chi connectivity index (χ0v) is 13.3. The number of unbranched alkanes of at least 4 members (excludes halogenated alkanes) is 1. The van der Waals surface area contributed by atoms with E-state index in [-0.39, 0.29) is 29.1 Å². The molecule has 0 aromatic heterocycles. The number of nitro groups is 1. The van der Waals surface area contributed by atoms with E-state index in [1.54, 1.807) is 6.92 Å². The van der Waals surface area contributed by atoms with Crippen molar-refractivity contribution in [3.63, 3.8) is 0 Å². The SMILES string of the molecule is Cc1ccc([N+](=O)[O-])c(C)c1S(=O)(=O)NCCCCC(N)=O. The highest BCUT2D eigenvalue weighted by atomic mass is 32.2. The highest BCUT2D eigenvalue weighted by molar-refractivity contribution is 7.89. The lowest BCUT2D eigenvalue weighted by Gasteiger charge is -2.12. The average molecular weight is 329 g/mol. The second-order valence-corrected chi connectivity index (χ2v) is 6.64. The molecule has 1 amide bonds. The van der Waals surface area contributed by atoms with Gasteiger partial charge in [-0.3, -0.25) is 14.9 Å². The van der Waals surface area contributed by atoms with Gasteiger partial charge in [0.2, 0.25) is 15.9 Å². The van der Waals surface area contributed by atoms with Gasteiger partial charge < -0.3 is 5.73 Å². The first-order valence-corrected chi connectivity index (χ1v) is 8.17. The highest BCUT2D eigenvalue weighted by Gasteiger charge is 2.24. The standard InChI is InChI=1S/C13H19N3O5S/c1-9-6-7-11(16(18)19)10(2)13(9)22(20,21)15-8-4-3-5-12(14)17/h6-7,15H,3-5,8H2,1-2H3,(H2,14,17). The fourth-order valence-corrected chi connectivity index (χ4v) is 3.69. The molecule has 1 aromatic carbocycles. The molecule has 0 fully saturated rings. The maximum atomic E-state index is 12.3. The fraction of sp³-hybridized carbons (Fsp3) is 0.462. The Balaban J connectivity index is 2.91. The fourth-order valence-electron chi connectivity index (χ4n) is 2.13. The number of hydrogen-bond donors (Lipinski definition) is 2. The zero-order chi connectivity index (χ0) is 16.9. The van der Waals surface area contributed by atoms with E-state index in [1.807, 2.05) is 0 Å². The van der Waals surface area contributed by atoms with Crippen LogP contribution in [0.5, 0.6) is 0 Å². The third kappa shape index (κ3) is 4.50. The van der Waals surface area contributed by atoms with E-state index in [4.69, 9.17) is 5.73 Å². The number of carbonyl (C=O) groups is 1. The van der Waals surface area contributed by atoms with Gasteiger partial charge in [0.15, 0.2) is 0 Å². The smallest absolute Gasteiger partial charge is 0.273 e. The van der Waals surface area contributed by atoms with E-state index >= 15 is 0 Å². The van der Waals surface area contributed by atoms with Gasteiger partial charge in [0.25, 0.3) is 5.69 Å². The van der Waals surface area contributed by atoms with Crippen LogP contribution in [-0.2, 0) is 14.8 Å². The first-order valence-electron chi connectivity index (χ1n) is 6.69. The van der Waals surface area contributed by atoms with E-state index < -0.39 is 20.9 Å². The minimum Gasteiger partial charge on any atom is -0.370 e. The van der Waals surface area contributed by atoms with Crippen molar-refractivity contribution in [2.45, 2.75) is 38.0 Å². The van der Waals surface area contributed by atoms with Crippen LogP contribution in [0.1, 0.15) is 30.4 Å². The summed E-state index contributed by atoms with van der Waals surface area (Å²) < 4.78 is 27.0. The number of nitrogens with one attached hydrogen (secondary N) is 1. The molecular formula is C13H19N3O5S. The quantitative estimate of drug-likeness (QED) is 0.419. The van der Waals surface area contributed by atoms with Crippen LogP contribution in [0.2, 0.25) is 0 Å². The lowest BCUT2D eigenvalue weighted by atomic mass is 10.1. The van der Waals surface area contributed by atoms with Crippen molar-refractivity contribution in [3.05, 3.63) is 33.4 Å². The van der Waals surface area contributed by atoms with Crippen LogP contribution in [-0.4, -0.2) is 25.8 Å². The number of benzene rings is 1. The number of nitrogens with two attached hydrogens (primary N) is 1. The first-order chi connectivity index (χ1) is 10.2. The summed E-state index contributed by atoms with van der Waals surface area (Å²) in [6.45, 7) is 3.13. The normalized spacial score (nSPS) is 11.4. The van der Waals surface area contributed by atoms with Crippen molar-refractivity contribution in [1.82, 2.24) is 4.72 Å². The molecule has 122 valence electrons. The maximum absolute atomic E-state index is 12.3. The van der Waals surface area contributed by atoms with E-state index in [0.717, 1.165) is 0 Å². The van der Waals surface area contributed by atoms with Crippen LogP contribution in [0.25, 0.3) is 0 Å². The Kier molecular flexibility index (Phi) is 6.01. The van der Waals surface area contributed by atoms with E-state index in [9.17, 15) is 23.3 Å². The Bertz CT molecular complexity index is 685. The topological polar surface area (TPSA) is 132 Å². The summed E-state index contributed by atoms with van der Waals surface area (Å²) >= 11 is 0. The molecule has 1 rings (SSSR count). The molecule has 0 spiro atoms. The summed E-state index contributed by atoms with van der Waals surface area (Å²) in [5.41, 5.74) is 5.30. The number of sulfonamides is 1. The molecule has 22 heavy (non-hydrogen) atoms. The second kappa shape index (κ2) is 7.32. The third-order valence-corrected chi connectivity index (χ3v) is 4.93. The minimum atomic E-state index is -3.85. The molecule has 0 saturated carbocycles. The van der Waals surface area contributed by atoms with Crippen LogP contribution < -0.4 is 10.5 Å². The van der Waals surface area contributed by atoms with Crippen molar-refractivity contribution in [2.75, 3.05) is 6.54 Å². The van der Waals surface area contributed by atoms with Gasteiger partial charge in [-0.15, -0.1) is 0 Å². The molecule has 8 nitrogen and oxygen atoms in total. The van der Waals surface area contributed by atoms with Gasteiger partial charge in [0, 0.05) is 24.6 Å². The third-order valence-electron chi connectivity index (χ3n) is 3.18. The Hall–Kier alpha value is -2.00. The predicted molar refractivity (Wildman–Crippen MR) is 80.8 cm³/mol. The van der Waals surface area contributed by atoms with E-state index in [0.29, 0.717) is 18.4 Å². The zero-order valence-electron chi connectivity index (χ0n) is 12.5.